The van der Waals surface area contributed by atoms with Crippen LogP contribution in [0.1, 0.15) is 31.2 Å². The number of hydrogen-bond donors (Lipinski definition) is 2. The molecule has 0 fully saturated rings. The summed E-state index contributed by atoms with van der Waals surface area (Å²) in [6.07, 6.45) is 0. The molecule has 0 radical (unpaired) electrons. The molecule has 1 unspecified atom stereocenters. The number of carbonyl (C=O) groups excluding carboxylic acids is 1. The highest BCUT2D eigenvalue weighted by atomic mass is 16.4. The number of rotatable bonds is 6. The molecular weight excluding hydrogens is 218 g/mol. The number of carbonyl (C=O) groups is 1. The van der Waals surface area contributed by atoms with Crippen LogP contribution in [-0.4, -0.2) is 24.0 Å². The minimum atomic E-state index is -0.0490. The zero-order valence-corrected chi connectivity index (χ0v) is 11.0. The van der Waals surface area contributed by atoms with E-state index in [0.717, 1.165) is 18.0 Å². The normalized spacial score (nSPS) is 12.5. The van der Waals surface area contributed by atoms with Crippen LogP contribution in [0.25, 0.3) is 0 Å². The largest absolute Gasteiger partial charge is 0.444 e. The Labute approximate surface area is 102 Å². The number of nitrogens with one attached hydrogen (secondary N) is 2. The lowest BCUT2D eigenvalue weighted by atomic mass is 10.1. The Morgan fingerprint density at radius 2 is 2.18 bits per heavy atom. The Morgan fingerprint density at radius 3 is 2.71 bits per heavy atom. The molecular formula is C12H21N3O2. The number of hydrogen-bond acceptors (Lipinski definition) is 4. The van der Waals surface area contributed by atoms with Gasteiger partial charge in [0.25, 0.3) is 0 Å². The van der Waals surface area contributed by atoms with Gasteiger partial charge in [0.2, 0.25) is 11.8 Å². The van der Waals surface area contributed by atoms with Gasteiger partial charge in [0.05, 0.1) is 12.2 Å². The molecule has 0 aliphatic rings. The topological polar surface area (TPSA) is 67.2 Å². The zero-order valence-electron chi connectivity index (χ0n) is 11.0. The highest BCUT2D eigenvalue weighted by Gasteiger charge is 2.13. The van der Waals surface area contributed by atoms with Gasteiger partial charge in [0.15, 0.2) is 0 Å². The number of nitrogens with zero attached hydrogens (tertiary/aromatic N) is 1. The minimum Gasteiger partial charge on any atom is -0.444 e. The van der Waals surface area contributed by atoms with Crippen LogP contribution in [0.5, 0.6) is 0 Å². The standard InChI is InChI=1S/C12H21N3O2/c1-5-13-6-8(2)12(16)14-7-11-15-9(3)10(4)17-11/h8,13H,5-7H2,1-4H3,(H,14,16). The first-order chi connectivity index (χ1) is 8.04. The van der Waals surface area contributed by atoms with Crippen molar-refractivity contribution in [3.05, 3.63) is 17.3 Å². The van der Waals surface area contributed by atoms with E-state index in [1.807, 2.05) is 27.7 Å². The Balaban J connectivity index is 2.37. The molecule has 1 rings (SSSR count). The summed E-state index contributed by atoms with van der Waals surface area (Å²) in [5.74, 6) is 1.32. The van der Waals surface area contributed by atoms with E-state index in [1.54, 1.807) is 0 Å². The van der Waals surface area contributed by atoms with E-state index in [4.69, 9.17) is 4.42 Å². The average Bonchev–Trinajstić information content (AvgIpc) is 2.62. The molecule has 96 valence electrons. The van der Waals surface area contributed by atoms with Gasteiger partial charge in [0, 0.05) is 12.5 Å². The van der Waals surface area contributed by atoms with Crippen molar-refractivity contribution in [2.45, 2.75) is 34.2 Å². The van der Waals surface area contributed by atoms with Crippen LogP contribution in [0.15, 0.2) is 4.42 Å². The van der Waals surface area contributed by atoms with Gasteiger partial charge in [-0.2, -0.15) is 0 Å². The molecule has 5 nitrogen and oxygen atoms in total. The summed E-state index contributed by atoms with van der Waals surface area (Å²) in [4.78, 5) is 15.9. The van der Waals surface area contributed by atoms with Crippen molar-refractivity contribution in [1.82, 2.24) is 15.6 Å². The summed E-state index contributed by atoms with van der Waals surface area (Å²) < 4.78 is 5.38. The van der Waals surface area contributed by atoms with E-state index in [9.17, 15) is 4.79 Å². The highest BCUT2D eigenvalue weighted by molar-refractivity contribution is 5.78. The Bertz CT molecular complexity index is 354. The van der Waals surface area contributed by atoms with E-state index in [1.165, 1.54) is 0 Å². The van der Waals surface area contributed by atoms with Crippen LogP contribution >= 0.6 is 0 Å². The molecule has 1 heterocycles. The van der Waals surface area contributed by atoms with Crippen LogP contribution in [0.3, 0.4) is 0 Å². The third-order valence-electron chi connectivity index (χ3n) is 2.63. The summed E-state index contributed by atoms with van der Waals surface area (Å²) in [6.45, 7) is 9.57. The number of oxazole rings is 1. The van der Waals surface area contributed by atoms with Gasteiger partial charge < -0.3 is 15.1 Å². The van der Waals surface area contributed by atoms with E-state index >= 15 is 0 Å². The molecule has 5 heteroatoms. The third-order valence-corrected chi connectivity index (χ3v) is 2.63. The number of aromatic nitrogens is 1. The van der Waals surface area contributed by atoms with Gasteiger partial charge in [0.1, 0.15) is 5.76 Å². The van der Waals surface area contributed by atoms with Crippen molar-refractivity contribution < 1.29 is 9.21 Å². The van der Waals surface area contributed by atoms with Crippen LogP contribution in [0.4, 0.5) is 0 Å². The Kier molecular flexibility index (Phi) is 5.15. The second-order valence-corrected chi connectivity index (χ2v) is 4.18. The Hall–Kier alpha value is -1.36. The van der Waals surface area contributed by atoms with E-state index < -0.39 is 0 Å². The van der Waals surface area contributed by atoms with Crippen molar-refractivity contribution in [3.63, 3.8) is 0 Å². The van der Waals surface area contributed by atoms with E-state index in [-0.39, 0.29) is 11.8 Å². The smallest absolute Gasteiger partial charge is 0.224 e. The summed E-state index contributed by atoms with van der Waals surface area (Å²) >= 11 is 0. The maximum absolute atomic E-state index is 11.7. The minimum absolute atomic E-state index is 0.0134. The summed E-state index contributed by atoms with van der Waals surface area (Å²) in [5, 5.41) is 5.95. The van der Waals surface area contributed by atoms with Crippen molar-refractivity contribution >= 4 is 5.91 Å². The van der Waals surface area contributed by atoms with Crippen molar-refractivity contribution in [1.29, 1.82) is 0 Å². The highest BCUT2D eigenvalue weighted by Crippen LogP contribution is 2.07. The monoisotopic (exact) mass is 239 g/mol. The molecule has 0 saturated carbocycles. The molecule has 1 aromatic rings. The van der Waals surface area contributed by atoms with Gasteiger partial charge in [-0.3, -0.25) is 4.79 Å². The van der Waals surface area contributed by atoms with Gasteiger partial charge in [-0.25, -0.2) is 4.98 Å². The lowest BCUT2D eigenvalue weighted by Gasteiger charge is -2.11. The maximum Gasteiger partial charge on any atom is 0.224 e. The fourth-order valence-electron chi connectivity index (χ4n) is 1.41. The molecule has 0 saturated heterocycles. The van der Waals surface area contributed by atoms with Gasteiger partial charge in [-0.1, -0.05) is 13.8 Å². The predicted molar refractivity (Wildman–Crippen MR) is 65.5 cm³/mol. The van der Waals surface area contributed by atoms with E-state index in [2.05, 4.69) is 15.6 Å². The first-order valence-corrected chi connectivity index (χ1v) is 5.96. The molecule has 2 N–H and O–H groups in total. The van der Waals surface area contributed by atoms with Gasteiger partial charge in [-0.05, 0) is 20.4 Å². The quantitative estimate of drug-likeness (QED) is 0.781. The van der Waals surface area contributed by atoms with E-state index in [0.29, 0.717) is 19.0 Å². The van der Waals surface area contributed by atoms with Gasteiger partial charge in [-0.15, -0.1) is 0 Å². The van der Waals surface area contributed by atoms with Crippen molar-refractivity contribution in [2.24, 2.45) is 5.92 Å². The average molecular weight is 239 g/mol. The predicted octanol–water partition coefficient (Wildman–Crippen LogP) is 1.15. The van der Waals surface area contributed by atoms with Crippen molar-refractivity contribution in [3.8, 4) is 0 Å². The van der Waals surface area contributed by atoms with Crippen LogP contribution in [0, 0.1) is 19.8 Å². The Morgan fingerprint density at radius 1 is 1.47 bits per heavy atom. The molecule has 1 atom stereocenters. The number of aryl methyl sites for hydroxylation is 2. The fraction of sp³-hybridized carbons (Fsp3) is 0.667. The molecule has 1 amide bonds. The molecule has 1 aromatic heterocycles. The summed E-state index contributed by atoms with van der Waals surface area (Å²) in [6, 6.07) is 0. The molecule has 0 aromatic carbocycles. The van der Waals surface area contributed by atoms with Crippen LogP contribution in [0.2, 0.25) is 0 Å². The first kappa shape index (κ1) is 13.7. The second kappa shape index (κ2) is 6.39. The maximum atomic E-state index is 11.7. The third kappa shape index (κ3) is 4.19. The summed E-state index contributed by atoms with van der Waals surface area (Å²) in [7, 11) is 0. The molecule has 0 bridgehead atoms. The van der Waals surface area contributed by atoms with Gasteiger partial charge >= 0.3 is 0 Å². The lowest BCUT2D eigenvalue weighted by molar-refractivity contribution is -0.124. The zero-order chi connectivity index (χ0) is 12.8. The first-order valence-electron chi connectivity index (χ1n) is 5.96. The molecule has 0 spiro atoms. The number of amides is 1. The molecule has 0 aliphatic carbocycles. The SMILES string of the molecule is CCNCC(C)C(=O)NCc1nc(C)c(C)o1. The van der Waals surface area contributed by atoms with Crippen molar-refractivity contribution in [2.75, 3.05) is 13.1 Å². The molecule has 0 aliphatic heterocycles. The molecule has 17 heavy (non-hydrogen) atoms. The van der Waals surface area contributed by atoms with Crippen LogP contribution in [-0.2, 0) is 11.3 Å². The second-order valence-electron chi connectivity index (χ2n) is 4.18. The summed E-state index contributed by atoms with van der Waals surface area (Å²) in [5.41, 5.74) is 0.870. The lowest BCUT2D eigenvalue weighted by Crippen LogP contribution is -2.35. The fourth-order valence-corrected chi connectivity index (χ4v) is 1.41. The van der Waals surface area contributed by atoms with Crippen LogP contribution < -0.4 is 10.6 Å².